The van der Waals surface area contributed by atoms with Crippen molar-refractivity contribution in [2.75, 3.05) is 11.4 Å². The van der Waals surface area contributed by atoms with Gasteiger partial charge in [0.2, 0.25) is 5.28 Å². The van der Waals surface area contributed by atoms with Crippen LogP contribution in [0.15, 0.2) is 29.0 Å². The molecule has 18 heavy (non-hydrogen) atoms. The van der Waals surface area contributed by atoms with Crippen molar-refractivity contribution in [3.63, 3.8) is 0 Å². The van der Waals surface area contributed by atoms with Gasteiger partial charge in [-0.15, -0.1) is 0 Å². The third-order valence-electron chi connectivity index (χ3n) is 2.88. The largest absolute Gasteiger partial charge is 0.311 e. The summed E-state index contributed by atoms with van der Waals surface area (Å²) < 4.78 is 1.000. The summed E-state index contributed by atoms with van der Waals surface area (Å²) in [6.07, 6.45) is 5.62. The second kappa shape index (κ2) is 4.82. The summed E-state index contributed by atoms with van der Waals surface area (Å²) in [5.41, 5.74) is 1.12. The minimum absolute atomic E-state index is 0.274. The Morgan fingerprint density at radius 2 is 2.22 bits per heavy atom. The van der Waals surface area contributed by atoms with Crippen molar-refractivity contribution in [3.8, 4) is 0 Å². The average molecular weight is 326 g/mol. The maximum absolute atomic E-state index is 5.88. The Bertz CT molecular complexity index is 590. The normalized spacial score (nSPS) is 14.4. The van der Waals surface area contributed by atoms with Crippen LogP contribution in [0.25, 0.3) is 0 Å². The molecule has 0 aromatic carbocycles. The molecule has 3 rings (SSSR count). The zero-order valence-corrected chi connectivity index (χ0v) is 11.8. The lowest BCUT2D eigenvalue weighted by atomic mass is 10.1. The average Bonchev–Trinajstić information content (AvgIpc) is 2.38. The molecule has 0 saturated carbocycles. The fourth-order valence-electron chi connectivity index (χ4n) is 2.08. The second-order valence-corrected chi connectivity index (χ2v) is 5.33. The summed E-state index contributed by atoms with van der Waals surface area (Å²) in [5.74, 6) is 1.74. The first-order valence-electron chi connectivity index (χ1n) is 5.64. The lowest BCUT2D eigenvalue weighted by Crippen LogP contribution is -2.26. The van der Waals surface area contributed by atoms with Gasteiger partial charge in [-0.3, -0.25) is 0 Å². The maximum atomic E-state index is 5.88. The van der Waals surface area contributed by atoms with E-state index < -0.39 is 0 Å². The molecule has 0 unspecified atom stereocenters. The first-order valence-corrected chi connectivity index (χ1v) is 6.81. The first kappa shape index (κ1) is 11.9. The van der Waals surface area contributed by atoms with Crippen molar-refractivity contribution in [2.45, 2.75) is 12.8 Å². The molecular weight excluding hydrogens is 316 g/mol. The van der Waals surface area contributed by atoms with Crippen LogP contribution in [0.4, 0.5) is 11.6 Å². The van der Waals surface area contributed by atoms with E-state index in [4.69, 9.17) is 11.6 Å². The fourth-order valence-corrected chi connectivity index (χ4v) is 2.54. The number of aromatic nitrogens is 3. The van der Waals surface area contributed by atoms with Crippen LogP contribution in [0, 0.1) is 0 Å². The lowest BCUT2D eigenvalue weighted by molar-refractivity contribution is 0.739. The van der Waals surface area contributed by atoms with Gasteiger partial charge in [0.15, 0.2) is 0 Å². The van der Waals surface area contributed by atoms with Crippen molar-refractivity contribution < 1.29 is 0 Å². The first-order chi connectivity index (χ1) is 8.74. The highest BCUT2D eigenvalue weighted by molar-refractivity contribution is 9.10. The molecule has 0 fully saturated rings. The predicted molar refractivity (Wildman–Crippen MR) is 74.3 cm³/mol. The summed E-state index contributed by atoms with van der Waals surface area (Å²) in [5, 5.41) is 0.274. The molecule has 0 N–H and O–H groups in total. The summed E-state index contributed by atoms with van der Waals surface area (Å²) in [7, 11) is 0. The minimum Gasteiger partial charge on any atom is -0.311 e. The van der Waals surface area contributed by atoms with E-state index in [9.17, 15) is 0 Å². The Morgan fingerprint density at radius 3 is 3.06 bits per heavy atom. The third kappa shape index (κ3) is 2.20. The predicted octanol–water partition coefficient (Wildman–Crippen LogP) is 3.37. The molecule has 4 nitrogen and oxygen atoms in total. The molecule has 0 saturated heterocycles. The van der Waals surface area contributed by atoms with Gasteiger partial charge in [0.25, 0.3) is 0 Å². The zero-order chi connectivity index (χ0) is 12.5. The number of nitrogens with zero attached hydrogens (tertiary/aromatic N) is 4. The number of anilines is 2. The van der Waals surface area contributed by atoms with Gasteiger partial charge in [-0.05, 0) is 36.6 Å². The molecule has 1 aliphatic rings. The third-order valence-corrected chi connectivity index (χ3v) is 3.56. The van der Waals surface area contributed by atoms with Crippen LogP contribution < -0.4 is 4.90 Å². The SMILES string of the molecule is Clc1ncc2c(n1)N(c1cc(Br)ccn1)CCC2. The van der Waals surface area contributed by atoms with Crippen LogP contribution in [0.3, 0.4) is 0 Å². The number of hydrogen-bond acceptors (Lipinski definition) is 4. The van der Waals surface area contributed by atoms with Gasteiger partial charge in [0.1, 0.15) is 11.6 Å². The molecule has 2 aromatic rings. The minimum atomic E-state index is 0.274. The number of pyridine rings is 1. The van der Waals surface area contributed by atoms with Gasteiger partial charge in [-0.2, -0.15) is 4.98 Å². The van der Waals surface area contributed by atoms with Gasteiger partial charge in [0.05, 0.1) is 0 Å². The number of aryl methyl sites for hydroxylation is 1. The lowest BCUT2D eigenvalue weighted by Gasteiger charge is -2.28. The molecule has 92 valence electrons. The second-order valence-electron chi connectivity index (χ2n) is 4.08. The van der Waals surface area contributed by atoms with Gasteiger partial charge in [-0.1, -0.05) is 15.9 Å². The Morgan fingerprint density at radius 1 is 1.33 bits per heavy atom. The van der Waals surface area contributed by atoms with Gasteiger partial charge < -0.3 is 4.90 Å². The highest BCUT2D eigenvalue weighted by atomic mass is 79.9. The maximum Gasteiger partial charge on any atom is 0.224 e. The Balaban J connectivity index is 2.08. The number of fused-ring (bicyclic) bond motifs is 1. The van der Waals surface area contributed by atoms with Crippen LogP contribution in [-0.2, 0) is 6.42 Å². The van der Waals surface area contributed by atoms with Crippen molar-refractivity contribution >= 4 is 39.2 Å². The van der Waals surface area contributed by atoms with E-state index in [-0.39, 0.29) is 5.28 Å². The number of rotatable bonds is 1. The van der Waals surface area contributed by atoms with Crippen molar-refractivity contribution in [2.24, 2.45) is 0 Å². The summed E-state index contributed by atoms with van der Waals surface area (Å²) >= 11 is 9.34. The van der Waals surface area contributed by atoms with Crippen molar-refractivity contribution in [1.29, 1.82) is 0 Å². The number of halogens is 2. The highest BCUT2D eigenvalue weighted by Crippen LogP contribution is 2.31. The molecule has 0 amide bonds. The molecule has 3 heterocycles. The zero-order valence-electron chi connectivity index (χ0n) is 9.48. The molecule has 0 bridgehead atoms. The monoisotopic (exact) mass is 324 g/mol. The Labute approximate surface area is 118 Å². The highest BCUT2D eigenvalue weighted by Gasteiger charge is 2.21. The van der Waals surface area contributed by atoms with Crippen LogP contribution in [0.5, 0.6) is 0 Å². The van der Waals surface area contributed by atoms with Crippen LogP contribution >= 0.6 is 27.5 Å². The topological polar surface area (TPSA) is 41.9 Å². The Kier molecular flexibility index (Phi) is 3.18. The van der Waals surface area contributed by atoms with E-state index in [0.29, 0.717) is 0 Å². The summed E-state index contributed by atoms with van der Waals surface area (Å²) in [6, 6.07) is 3.88. The molecule has 0 spiro atoms. The van der Waals surface area contributed by atoms with E-state index in [2.05, 4.69) is 35.8 Å². The quantitative estimate of drug-likeness (QED) is 0.754. The molecule has 0 radical (unpaired) electrons. The summed E-state index contributed by atoms with van der Waals surface area (Å²) in [6.45, 7) is 0.893. The van der Waals surface area contributed by atoms with Gasteiger partial charge >= 0.3 is 0 Å². The van der Waals surface area contributed by atoms with Crippen molar-refractivity contribution in [1.82, 2.24) is 15.0 Å². The van der Waals surface area contributed by atoms with Crippen molar-refractivity contribution in [3.05, 3.63) is 39.8 Å². The van der Waals surface area contributed by atoms with Gasteiger partial charge in [0, 0.05) is 29.0 Å². The Hall–Kier alpha value is -1.20. The van der Waals surface area contributed by atoms with Gasteiger partial charge in [-0.25, -0.2) is 9.97 Å². The van der Waals surface area contributed by atoms with E-state index >= 15 is 0 Å². The molecule has 2 aromatic heterocycles. The molecular formula is C12H10BrClN4. The van der Waals surface area contributed by atoms with E-state index in [1.165, 1.54) is 0 Å². The molecule has 1 aliphatic heterocycles. The molecule has 6 heteroatoms. The molecule has 0 atom stereocenters. The fraction of sp³-hybridized carbons (Fsp3) is 0.250. The smallest absolute Gasteiger partial charge is 0.224 e. The van der Waals surface area contributed by atoms with E-state index in [1.54, 1.807) is 12.4 Å². The van der Waals surface area contributed by atoms with E-state index in [0.717, 1.165) is 41.1 Å². The standard InChI is InChI=1S/C12H10BrClN4/c13-9-3-4-15-10(6-9)18-5-1-2-8-7-16-12(14)17-11(8)18/h3-4,6-7H,1-2,5H2. The van der Waals surface area contributed by atoms with Crippen LogP contribution in [-0.4, -0.2) is 21.5 Å². The van der Waals surface area contributed by atoms with Crippen LogP contribution in [0.2, 0.25) is 5.28 Å². The van der Waals surface area contributed by atoms with Crippen LogP contribution in [0.1, 0.15) is 12.0 Å². The summed E-state index contributed by atoms with van der Waals surface area (Å²) in [4.78, 5) is 14.8. The molecule has 0 aliphatic carbocycles. The van der Waals surface area contributed by atoms with E-state index in [1.807, 2.05) is 12.1 Å². The number of hydrogen-bond donors (Lipinski definition) is 0.